The van der Waals surface area contributed by atoms with Crippen molar-refractivity contribution in [1.29, 1.82) is 0 Å². The van der Waals surface area contributed by atoms with Crippen molar-refractivity contribution in [3.05, 3.63) is 65.6 Å². The summed E-state index contributed by atoms with van der Waals surface area (Å²) in [5, 5.41) is 11.4. The van der Waals surface area contributed by atoms with Gasteiger partial charge < -0.3 is 0 Å². The van der Waals surface area contributed by atoms with Gasteiger partial charge in [-0.25, -0.2) is 14.5 Å². The Balaban J connectivity index is 0.00000117. The van der Waals surface area contributed by atoms with E-state index in [2.05, 4.69) is 40.4 Å². The Morgan fingerprint density at radius 3 is 2.41 bits per heavy atom. The van der Waals surface area contributed by atoms with Gasteiger partial charge in [-0.3, -0.25) is 5.10 Å². The lowest BCUT2D eigenvalue weighted by Crippen LogP contribution is -2.07. The largest absolute Gasteiger partial charge is 0.416 e. The van der Waals surface area contributed by atoms with Crippen molar-refractivity contribution in [3.8, 4) is 11.1 Å². The van der Waals surface area contributed by atoms with Crippen molar-refractivity contribution >= 4 is 20.8 Å². The predicted octanol–water partition coefficient (Wildman–Crippen LogP) is 4.55. The Labute approximate surface area is 167 Å². The van der Waals surface area contributed by atoms with Crippen molar-refractivity contribution in [1.82, 2.24) is 29.8 Å². The quantitative estimate of drug-likeness (QED) is 0.496. The summed E-state index contributed by atoms with van der Waals surface area (Å²) in [4.78, 5) is 8.72. The zero-order valence-electron chi connectivity index (χ0n) is 15.7. The molecule has 0 spiro atoms. The molecule has 6 nitrogen and oxygen atoms in total. The van der Waals surface area contributed by atoms with E-state index in [4.69, 9.17) is 0 Å². The van der Waals surface area contributed by atoms with Crippen LogP contribution in [0.3, 0.4) is 0 Å². The number of nitrogens with one attached hydrogen (secondary N) is 1. The summed E-state index contributed by atoms with van der Waals surface area (Å²) >= 11 is 0. The molecule has 0 aliphatic heterocycles. The summed E-state index contributed by atoms with van der Waals surface area (Å²) in [7, 11) is 2.72. The molecule has 0 saturated carbocycles. The Hall–Kier alpha value is -3.06. The standard InChI is InChI=1S/C18H15F3N6.CH3P/c1-10(16-24-11(2)25-26-16)15-7-8-22-17-14(9-23-27(15)17)12-3-5-13(6-4-12)18(19,20)21;1-2/h3-10H,1-2H3,(H,24,25,26);2H,1H2. The van der Waals surface area contributed by atoms with Gasteiger partial charge in [-0.15, -0.1) is 8.86 Å². The third-order valence-corrected chi connectivity index (χ3v) is 4.40. The second kappa shape index (κ2) is 8.13. The van der Waals surface area contributed by atoms with Crippen LogP contribution in [0.2, 0.25) is 0 Å². The maximum Gasteiger partial charge on any atom is 0.416 e. The molecule has 1 N–H and O–H groups in total. The molecule has 0 aliphatic carbocycles. The van der Waals surface area contributed by atoms with Crippen molar-refractivity contribution in [2.75, 3.05) is 0 Å². The molecule has 4 rings (SSSR count). The fourth-order valence-electron chi connectivity index (χ4n) is 2.97. The minimum absolute atomic E-state index is 0.138. The summed E-state index contributed by atoms with van der Waals surface area (Å²) in [5.41, 5.74) is 1.97. The normalized spacial score (nSPS) is 12.4. The Morgan fingerprint density at radius 2 is 1.83 bits per heavy atom. The van der Waals surface area contributed by atoms with Gasteiger partial charge in [-0.1, -0.05) is 18.4 Å². The molecule has 3 aromatic heterocycles. The Morgan fingerprint density at radius 1 is 1.14 bits per heavy atom. The minimum Gasteiger partial charge on any atom is -0.263 e. The van der Waals surface area contributed by atoms with Crippen LogP contribution < -0.4 is 0 Å². The smallest absolute Gasteiger partial charge is 0.263 e. The maximum atomic E-state index is 12.8. The van der Waals surface area contributed by atoms with Gasteiger partial charge in [0.05, 0.1) is 23.4 Å². The number of H-pyrrole nitrogens is 1. The van der Waals surface area contributed by atoms with E-state index in [1.165, 1.54) is 12.1 Å². The van der Waals surface area contributed by atoms with Crippen LogP contribution in [0.15, 0.2) is 42.7 Å². The number of aryl methyl sites for hydroxylation is 1. The molecule has 10 heteroatoms. The van der Waals surface area contributed by atoms with Crippen molar-refractivity contribution in [2.45, 2.75) is 25.9 Å². The number of rotatable bonds is 3. The number of fused-ring (bicyclic) bond motifs is 1. The van der Waals surface area contributed by atoms with Crippen molar-refractivity contribution in [3.63, 3.8) is 0 Å². The first-order valence-electron chi connectivity index (χ1n) is 8.59. The van der Waals surface area contributed by atoms with Crippen LogP contribution in [0.5, 0.6) is 0 Å². The minimum atomic E-state index is -4.37. The fourth-order valence-corrected chi connectivity index (χ4v) is 2.97. The molecule has 150 valence electrons. The fraction of sp³-hybridized carbons (Fsp3) is 0.211. The van der Waals surface area contributed by atoms with Crippen LogP contribution in [-0.4, -0.2) is 36.1 Å². The zero-order valence-corrected chi connectivity index (χ0v) is 16.7. The number of benzene rings is 1. The summed E-state index contributed by atoms with van der Waals surface area (Å²) < 4.78 is 40.0. The highest BCUT2D eigenvalue weighted by Gasteiger charge is 2.30. The lowest BCUT2D eigenvalue weighted by Gasteiger charge is -2.10. The predicted molar refractivity (Wildman–Crippen MR) is 107 cm³/mol. The summed E-state index contributed by atoms with van der Waals surface area (Å²) in [6, 6.07) is 6.79. The molecule has 0 bridgehead atoms. The lowest BCUT2D eigenvalue weighted by molar-refractivity contribution is -0.137. The van der Waals surface area contributed by atoms with Crippen LogP contribution in [0.25, 0.3) is 16.8 Å². The highest BCUT2D eigenvalue weighted by Crippen LogP contribution is 2.32. The van der Waals surface area contributed by atoms with Gasteiger partial charge in [0, 0.05) is 11.8 Å². The van der Waals surface area contributed by atoms with E-state index in [0.717, 1.165) is 17.8 Å². The van der Waals surface area contributed by atoms with E-state index in [1.807, 2.05) is 19.9 Å². The second-order valence-electron chi connectivity index (χ2n) is 6.24. The number of aromatic amines is 1. The average molecular weight is 418 g/mol. The molecule has 0 fully saturated rings. The van der Waals surface area contributed by atoms with Gasteiger partial charge in [0.25, 0.3) is 0 Å². The molecule has 29 heavy (non-hydrogen) atoms. The molecule has 1 atom stereocenters. The van der Waals surface area contributed by atoms with E-state index < -0.39 is 11.7 Å². The molecule has 1 aromatic carbocycles. The molecule has 1 unspecified atom stereocenters. The number of halogens is 3. The van der Waals surface area contributed by atoms with Crippen molar-refractivity contribution < 1.29 is 13.2 Å². The number of aromatic nitrogens is 6. The molecule has 0 amide bonds. The first-order valence-corrected chi connectivity index (χ1v) is 9.30. The van der Waals surface area contributed by atoms with Gasteiger partial charge in [-0.05, 0) is 37.6 Å². The maximum absolute atomic E-state index is 12.8. The van der Waals surface area contributed by atoms with Crippen LogP contribution in [0, 0.1) is 6.92 Å². The lowest BCUT2D eigenvalue weighted by atomic mass is 10.1. The van der Waals surface area contributed by atoms with E-state index in [9.17, 15) is 13.2 Å². The summed E-state index contributed by atoms with van der Waals surface area (Å²) in [5.74, 6) is 1.21. The number of hydrogen-bond acceptors (Lipinski definition) is 4. The number of nitrogens with zero attached hydrogens (tertiary/aromatic N) is 5. The van der Waals surface area contributed by atoms with Gasteiger partial charge in [0.2, 0.25) is 0 Å². The van der Waals surface area contributed by atoms with E-state index >= 15 is 0 Å². The molecule has 0 radical (unpaired) electrons. The van der Waals surface area contributed by atoms with Crippen LogP contribution >= 0.6 is 8.86 Å². The van der Waals surface area contributed by atoms with Gasteiger partial charge in [0.15, 0.2) is 11.5 Å². The van der Waals surface area contributed by atoms with E-state index in [-0.39, 0.29) is 5.92 Å². The van der Waals surface area contributed by atoms with E-state index in [1.54, 1.807) is 16.9 Å². The Kier molecular flexibility index (Phi) is 5.79. The van der Waals surface area contributed by atoms with Gasteiger partial charge in [-0.2, -0.15) is 23.4 Å². The molecule has 0 aliphatic rings. The first kappa shape index (κ1) is 20.7. The first-order chi connectivity index (χ1) is 13.8. The Bertz CT molecular complexity index is 1120. The van der Waals surface area contributed by atoms with Gasteiger partial charge in [0.1, 0.15) is 5.82 Å². The monoisotopic (exact) mass is 418 g/mol. The van der Waals surface area contributed by atoms with E-state index in [0.29, 0.717) is 28.4 Å². The topological polar surface area (TPSA) is 71.8 Å². The molecular weight excluding hydrogens is 400 g/mol. The molecule has 0 saturated heterocycles. The van der Waals surface area contributed by atoms with Gasteiger partial charge >= 0.3 is 6.18 Å². The third-order valence-electron chi connectivity index (χ3n) is 4.40. The average Bonchev–Trinajstić information content (AvgIpc) is 3.34. The third kappa shape index (κ3) is 4.05. The highest BCUT2D eigenvalue weighted by molar-refractivity contribution is 7.15. The van der Waals surface area contributed by atoms with Crippen molar-refractivity contribution in [2.24, 2.45) is 0 Å². The molecular formula is C19H18F3N6P. The SMILES string of the molecule is C=P.Cc1nc(C(C)c2ccnc3c(-c4ccc(C(F)(F)F)cc4)cnn23)n[nH]1. The second-order valence-corrected chi connectivity index (χ2v) is 6.24. The number of alkyl halides is 3. The van der Waals surface area contributed by atoms with Crippen LogP contribution in [0.1, 0.15) is 35.7 Å². The summed E-state index contributed by atoms with van der Waals surface area (Å²) in [6.07, 6.45) is 1.94. The summed E-state index contributed by atoms with van der Waals surface area (Å²) in [6.45, 7) is 3.78. The molecule has 3 heterocycles. The highest BCUT2D eigenvalue weighted by atomic mass is 31.0. The van der Waals surface area contributed by atoms with Crippen LogP contribution in [-0.2, 0) is 6.18 Å². The van der Waals surface area contributed by atoms with Crippen LogP contribution in [0.4, 0.5) is 13.2 Å². The number of hydrogen-bond donors (Lipinski definition) is 1. The molecule has 4 aromatic rings. The zero-order chi connectivity index (χ0) is 21.2.